The monoisotopic (exact) mass is 407 g/mol. The summed E-state index contributed by atoms with van der Waals surface area (Å²) in [5.41, 5.74) is 6.47. The Balaban J connectivity index is 1.49. The molecule has 3 N–H and O–H groups in total. The predicted molar refractivity (Wildman–Crippen MR) is 117 cm³/mol. The number of ether oxygens (including phenoxy) is 1. The van der Waals surface area contributed by atoms with E-state index in [9.17, 15) is 9.59 Å². The zero-order valence-electron chi connectivity index (χ0n) is 16.1. The Kier molecular flexibility index (Phi) is 6.41. The minimum absolute atomic E-state index is 0.0122. The van der Waals surface area contributed by atoms with E-state index in [1.165, 1.54) is 0 Å². The molecule has 3 aromatic rings. The van der Waals surface area contributed by atoms with Crippen LogP contribution < -0.4 is 20.9 Å². The highest BCUT2D eigenvalue weighted by molar-refractivity contribution is 7.80. The largest absolute Gasteiger partial charge is 0.481 e. The molecule has 0 aliphatic rings. The van der Waals surface area contributed by atoms with Gasteiger partial charge >= 0.3 is 0 Å². The molecule has 0 aromatic heterocycles. The number of amides is 2. The second-order valence-corrected chi connectivity index (χ2v) is 6.94. The maximum absolute atomic E-state index is 12.2. The molecule has 0 bridgehead atoms. The standard InChI is InChI=1S/C22H21N3O3S/c1-14-7-9-17(10-8-14)21(27)23-22(29)25-24-20(26)15(2)28-19-12-11-16-5-3-4-6-18(16)13-19/h3-13,15H,1-2H3,(H,24,26)(H2,23,25,27,29). The molecule has 0 aliphatic carbocycles. The summed E-state index contributed by atoms with van der Waals surface area (Å²) in [6, 6.07) is 20.6. The molecule has 0 spiro atoms. The van der Waals surface area contributed by atoms with Crippen molar-refractivity contribution in [2.75, 3.05) is 0 Å². The van der Waals surface area contributed by atoms with E-state index < -0.39 is 12.0 Å². The molecule has 3 rings (SSSR count). The van der Waals surface area contributed by atoms with Crippen LogP contribution in [0.25, 0.3) is 10.8 Å². The van der Waals surface area contributed by atoms with Gasteiger partial charge in [0, 0.05) is 5.56 Å². The molecule has 3 aromatic carbocycles. The first kappa shape index (κ1) is 20.3. The van der Waals surface area contributed by atoms with Crippen molar-refractivity contribution in [3.63, 3.8) is 0 Å². The van der Waals surface area contributed by atoms with Crippen LogP contribution in [0.1, 0.15) is 22.8 Å². The van der Waals surface area contributed by atoms with Crippen LogP contribution in [-0.2, 0) is 4.79 Å². The van der Waals surface area contributed by atoms with Gasteiger partial charge in [0.15, 0.2) is 11.2 Å². The summed E-state index contributed by atoms with van der Waals surface area (Å²) >= 11 is 5.04. The average molecular weight is 407 g/mol. The predicted octanol–water partition coefficient (Wildman–Crippen LogP) is 3.25. The van der Waals surface area contributed by atoms with Crippen molar-refractivity contribution in [3.8, 4) is 5.75 Å². The molecular weight excluding hydrogens is 386 g/mol. The third kappa shape index (κ3) is 5.52. The minimum atomic E-state index is -0.765. The van der Waals surface area contributed by atoms with Gasteiger partial charge in [0.2, 0.25) is 0 Å². The van der Waals surface area contributed by atoms with Crippen LogP contribution in [0, 0.1) is 6.92 Å². The third-order valence-corrected chi connectivity index (χ3v) is 4.45. The van der Waals surface area contributed by atoms with E-state index in [2.05, 4.69) is 16.2 Å². The van der Waals surface area contributed by atoms with Gasteiger partial charge in [0.1, 0.15) is 5.75 Å². The molecule has 148 valence electrons. The zero-order valence-corrected chi connectivity index (χ0v) is 16.9. The minimum Gasteiger partial charge on any atom is -0.481 e. The van der Waals surface area contributed by atoms with Crippen molar-refractivity contribution in [2.45, 2.75) is 20.0 Å². The van der Waals surface area contributed by atoms with Gasteiger partial charge in [-0.2, -0.15) is 0 Å². The summed E-state index contributed by atoms with van der Waals surface area (Å²) in [5, 5.41) is 4.61. The molecule has 0 saturated heterocycles. The Morgan fingerprint density at radius 3 is 2.34 bits per heavy atom. The molecule has 0 fully saturated rings. The summed E-state index contributed by atoms with van der Waals surface area (Å²) in [4.78, 5) is 24.4. The van der Waals surface area contributed by atoms with E-state index in [0.29, 0.717) is 11.3 Å². The van der Waals surface area contributed by atoms with Crippen LogP contribution in [0.4, 0.5) is 0 Å². The van der Waals surface area contributed by atoms with E-state index in [0.717, 1.165) is 16.3 Å². The number of hydrogen-bond acceptors (Lipinski definition) is 4. The van der Waals surface area contributed by atoms with Crippen LogP contribution in [0.3, 0.4) is 0 Å². The Bertz CT molecular complexity index is 1050. The number of fused-ring (bicyclic) bond motifs is 1. The van der Waals surface area contributed by atoms with Gasteiger partial charge in [-0.1, -0.05) is 48.0 Å². The van der Waals surface area contributed by atoms with Gasteiger partial charge in [0.25, 0.3) is 11.8 Å². The van der Waals surface area contributed by atoms with E-state index in [-0.39, 0.29) is 11.0 Å². The highest BCUT2D eigenvalue weighted by Gasteiger charge is 2.15. The SMILES string of the molecule is Cc1ccc(C(=O)NC(=S)NNC(=O)C(C)Oc2ccc3ccccc3c2)cc1. The van der Waals surface area contributed by atoms with Gasteiger partial charge in [-0.3, -0.25) is 25.8 Å². The smallest absolute Gasteiger partial charge is 0.279 e. The fourth-order valence-electron chi connectivity index (χ4n) is 2.63. The molecule has 2 amide bonds. The van der Waals surface area contributed by atoms with E-state index in [1.807, 2.05) is 61.5 Å². The molecule has 29 heavy (non-hydrogen) atoms. The molecule has 0 saturated carbocycles. The van der Waals surface area contributed by atoms with Gasteiger partial charge < -0.3 is 4.74 Å². The van der Waals surface area contributed by atoms with Crippen LogP contribution in [0.15, 0.2) is 66.7 Å². The highest BCUT2D eigenvalue weighted by atomic mass is 32.1. The van der Waals surface area contributed by atoms with E-state index in [1.54, 1.807) is 19.1 Å². The average Bonchev–Trinajstić information content (AvgIpc) is 2.72. The molecule has 0 radical (unpaired) electrons. The number of carbonyl (C=O) groups is 2. The van der Waals surface area contributed by atoms with Crippen molar-refractivity contribution in [1.82, 2.24) is 16.2 Å². The number of benzene rings is 3. The van der Waals surface area contributed by atoms with Gasteiger partial charge in [-0.25, -0.2) is 0 Å². The lowest BCUT2D eigenvalue weighted by Gasteiger charge is -2.16. The molecular formula is C22H21N3O3S. The lowest BCUT2D eigenvalue weighted by atomic mass is 10.1. The first-order valence-electron chi connectivity index (χ1n) is 9.05. The summed E-state index contributed by atoms with van der Waals surface area (Å²) < 4.78 is 5.70. The Morgan fingerprint density at radius 2 is 1.62 bits per heavy atom. The van der Waals surface area contributed by atoms with Crippen molar-refractivity contribution in [1.29, 1.82) is 0 Å². The van der Waals surface area contributed by atoms with Crippen LogP contribution in [-0.4, -0.2) is 23.0 Å². The number of carbonyl (C=O) groups excluding carboxylic acids is 2. The van der Waals surface area contributed by atoms with Crippen molar-refractivity contribution < 1.29 is 14.3 Å². The molecule has 0 heterocycles. The second kappa shape index (κ2) is 9.16. The van der Waals surface area contributed by atoms with Crippen LogP contribution >= 0.6 is 12.2 Å². The second-order valence-electron chi connectivity index (χ2n) is 6.53. The Labute approximate surface area is 174 Å². The fraction of sp³-hybridized carbons (Fsp3) is 0.136. The topological polar surface area (TPSA) is 79.5 Å². The summed E-state index contributed by atoms with van der Waals surface area (Å²) in [6.07, 6.45) is -0.765. The van der Waals surface area contributed by atoms with Crippen LogP contribution in [0.5, 0.6) is 5.75 Å². The molecule has 7 heteroatoms. The zero-order chi connectivity index (χ0) is 20.8. The molecule has 1 unspecified atom stereocenters. The summed E-state index contributed by atoms with van der Waals surface area (Å²) in [5.74, 6) is -0.205. The third-order valence-electron chi connectivity index (χ3n) is 4.24. The van der Waals surface area contributed by atoms with Crippen molar-refractivity contribution in [3.05, 3.63) is 77.9 Å². The maximum Gasteiger partial charge on any atom is 0.279 e. The van der Waals surface area contributed by atoms with Crippen LogP contribution in [0.2, 0.25) is 0 Å². The Hall–Kier alpha value is -3.45. The summed E-state index contributed by atoms with van der Waals surface area (Å²) in [6.45, 7) is 3.56. The summed E-state index contributed by atoms with van der Waals surface area (Å²) in [7, 11) is 0. The lowest BCUT2D eigenvalue weighted by Crippen LogP contribution is -2.51. The van der Waals surface area contributed by atoms with Gasteiger partial charge in [-0.15, -0.1) is 0 Å². The number of thiocarbonyl (C=S) groups is 1. The maximum atomic E-state index is 12.2. The normalized spacial score (nSPS) is 11.4. The molecule has 0 aliphatic heterocycles. The van der Waals surface area contributed by atoms with E-state index in [4.69, 9.17) is 17.0 Å². The lowest BCUT2D eigenvalue weighted by molar-refractivity contribution is -0.127. The van der Waals surface area contributed by atoms with E-state index >= 15 is 0 Å². The number of rotatable bonds is 4. The number of aryl methyl sites for hydroxylation is 1. The quantitative estimate of drug-likeness (QED) is 0.457. The fourth-order valence-corrected chi connectivity index (χ4v) is 2.77. The van der Waals surface area contributed by atoms with Gasteiger partial charge in [-0.05, 0) is 61.1 Å². The highest BCUT2D eigenvalue weighted by Crippen LogP contribution is 2.21. The number of nitrogens with one attached hydrogen (secondary N) is 3. The first-order valence-corrected chi connectivity index (χ1v) is 9.46. The number of hydrazine groups is 1. The number of hydrogen-bond donors (Lipinski definition) is 3. The molecule has 6 nitrogen and oxygen atoms in total. The van der Waals surface area contributed by atoms with Crippen molar-refractivity contribution in [2.24, 2.45) is 0 Å². The molecule has 1 atom stereocenters. The van der Waals surface area contributed by atoms with Crippen molar-refractivity contribution >= 4 is 39.9 Å². The van der Waals surface area contributed by atoms with Gasteiger partial charge in [0.05, 0.1) is 0 Å². The first-order chi connectivity index (χ1) is 13.9. The Morgan fingerprint density at radius 1 is 0.931 bits per heavy atom.